The lowest BCUT2D eigenvalue weighted by Crippen LogP contribution is -2.11. The van der Waals surface area contributed by atoms with Crippen LogP contribution in [0.1, 0.15) is 10.4 Å². The van der Waals surface area contributed by atoms with Gasteiger partial charge >= 0.3 is 0 Å². The van der Waals surface area contributed by atoms with E-state index in [1.807, 2.05) is 12.1 Å². The van der Waals surface area contributed by atoms with Crippen molar-refractivity contribution in [1.82, 2.24) is 0 Å². The summed E-state index contributed by atoms with van der Waals surface area (Å²) in [5, 5.41) is 12.0. The molecule has 0 fully saturated rings. The quantitative estimate of drug-likeness (QED) is 0.817. The molecule has 0 aliphatic rings. The van der Waals surface area contributed by atoms with E-state index >= 15 is 0 Å². The van der Waals surface area contributed by atoms with Crippen molar-refractivity contribution >= 4 is 34.2 Å². The molecule has 0 spiro atoms. The van der Waals surface area contributed by atoms with Crippen LogP contribution in [0.5, 0.6) is 11.5 Å². The smallest absolute Gasteiger partial charge is 0.255 e. The second-order valence-corrected chi connectivity index (χ2v) is 5.01. The molecule has 0 aliphatic carbocycles. The molecule has 5 heteroatoms. The molecule has 2 aromatic rings. The molecule has 2 N–H and O–H groups in total. The number of ether oxygens (including phenoxy) is 1. The summed E-state index contributed by atoms with van der Waals surface area (Å²) in [5.74, 6) is 0.611. The normalized spacial score (nSPS) is 10.0. The first-order chi connectivity index (χ1) is 9.10. The lowest BCUT2D eigenvalue weighted by atomic mass is 10.2. The number of methoxy groups -OCH3 is 1. The fourth-order valence-electron chi connectivity index (χ4n) is 1.55. The van der Waals surface area contributed by atoms with Crippen LogP contribution in [-0.4, -0.2) is 18.1 Å². The van der Waals surface area contributed by atoms with Crippen molar-refractivity contribution in [1.29, 1.82) is 0 Å². The minimum absolute atomic E-state index is 0.132. The first-order valence-corrected chi connectivity index (χ1v) is 6.62. The second kappa shape index (κ2) is 5.92. The summed E-state index contributed by atoms with van der Waals surface area (Å²) in [6.45, 7) is 0. The first kappa shape index (κ1) is 13.7. The van der Waals surface area contributed by atoms with Gasteiger partial charge in [0.25, 0.3) is 5.91 Å². The maximum Gasteiger partial charge on any atom is 0.255 e. The Hall–Kier alpha value is -1.76. The van der Waals surface area contributed by atoms with Crippen LogP contribution >= 0.6 is 22.6 Å². The first-order valence-electron chi connectivity index (χ1n) is 5.54. The zero-order valence-corrected chi connectivity index (χ0v) is 12.3. The molecule has 4 nitrogen and oxygen atoms in total. The van der Waals surface area contributed by atoms with Gasteiger partial charge in [-0.25, -0.2) is 0 Å². The van der Waals surface area contributed by atoms with Crippen molar-refractivity contribution in [2.75, 3.05) is 12.4 Å². The molecule has 2 aromatic carbocycles. The topological polar surface area (TPSA) is 58.6 Å². The van der Waals surface area contributed by atoms with Gasteiger partial charge in [-0.05, 0) is 59.0 Å². The molecule has 0 unspecified atom stereocenters. The highest BCUT2D eigenvalue weighted by atomic mass is 127. The zero-order chi connectivity index (χ0) is 13.8. The predicted molar refractivity (Wildman–Crippen MR) is 81.8 cm³/mol. The van der Waals surface area contributed by atoms with Crippen LogP contribution in [0.15, 0.2) is 42.5 Å². The van der Waals surface area contributed by atoms with E-state index in [9.17, 15) is 9.90 Å². The van der Waals surface area contributed by atoms with Gasteiger partial charge in [0.05, 0.1) is 10.7 Å². The Bertz CT molecular complexity index is 596. The Morgan fingerprint density at radius 2 is 1.89 bits per heavy atom. The molecule has 1 amide bonds. The molecule has 0 saturated heterocycles. The number of amides is 1. The average molecular weight is 369 g/mol. The third-order valence-electron chi connectivity index (χ3n) is 2.54. The van der Waals surface area contributed by atoms with Gasteiger partial charge < -0.3 is 15.2 Å². The largest absolute Gasteiger partial charge is 0.508 e. The standard InChI is InChI=1S/C14H12INO3/c1-19-13-8-10(4-7-12(13)15)16-14(18)9-2-5-11(17)6-3-9/h2-8,17H,1H3,(H,16,18). The SMILES string of the molecule is COc1cc(NC(=O)c2ccc(O)cc2)ccc1I. The predicted octanol–water partition coefficient (Wildman–Crippen LogP) is 3.26. The van der Waals surface area contributed by atoms with E-state index < -0.39 is 0 Å². The molecule has 0 atom stereocenters. The molecule has 19 heavy (non-hydrogen) atoms. The summed E-state index contributed by atoms with van der Waals surface area (Å²) in [7, 11) is 1.59. The van der Waals surface area contributed by atoms with Gasteiger partial charge in [-0.15, -0.1) is 0 Å². The third-order valence-corrected chi connectivity index (χ3v) is 3.43. The van der Waals surface area contributed by atoms with Crippen molar-refractivity contribution in [3.8, 4) is 11.5 Å². The summed E-state index contributed by atoms with van der Waals surface area (Å²) in [6.07, 6.45) is 0. The van der Waals surface area contributed by atoms with Gasteiger partial charge in [0.1, 0.15) is 11.5 Å². The van der Waals surface area contributed by atoms with Crippen molar-refractivity contribution in [2.45, 2.75) is 0 Å². The van der Waals surface area contributed by atoms with E-state index in [4.69, 9.17) is 4.74 Å². The van der Waals surface area contributed by atoms with Crippen LogP contribution < -0.4 is 10.1 Å². The minimum atomic E-state index is -0.233. The molecular formula is C14H12INO3. The second-order valence-electron chi connectivity index (χ2n) is 3.85. The van der Waals surface area contributed by atoms with Crippen LogP contribution in [0, 0.1) is 3.57 Å². The van der Waals surface area contributed by atoms with Gasteiger partial charge in [0.2, 0.25) is 0 Å². The number of aromatic hydroxyl groups is 1. The maximum atomic E-state index is 12.0. The van der Waals surface area contributed by atoms with E-state index in [0.29, 0.717) is 17.0 Å². The highest BCUT2D eigenvalue weighted by Gasteiger charge is 2.07. The number of halogens is 1. The Morgan fingerprint density at radius 1 is 1.21 bits per heavy atom. The summed E-state index contributed by atoms with van der Waals surface area (Å²) in [4.78, 5) is 12.0. The van der Waals surface area contributed by atoms with E-state index in [2.05, 4.69) is 27.9 Å². The monoisotopic (exact) mass is 369 g/mol. The number of phenols is 1. The molecule has 0 heterocycles. The third kappa shape index (κ3) is 3.37. The molecule has 0 aromatic heterocycles. The molecule has 98 valence electrons. The Labute approximate surface area is 124 Å². The average Bonchev–Trinajstić information content (AvgIpc) is 2.41. The van der Waals surface area contributed by atoms with Crippen molar-refractivity contribution in [3.63, 3.8) is 0 Å². The molecule has 0 saturated carbocycles. The van der Waals surface area contributed by atoms with Gasteiger partial charge in [0, 0.05) is 17.3 Å². The van der Waals surface area contributed by atoms with Crippen molar-refractivity contribution in [3.05, 3.63) is 51.6 Å². The van der Waals surface area contributed by atoms with E-state index in [1.165, 1.54) is 12.1 Å². The number of rotatable bonds is 3. The number of nitrogens with one attached hydrogen (secondary N) is 1. The van der Waals surface area contributed by atoms with Crippen LogP contribution in [0.25, 0.3) is 0 Å². The Balaban J connectivity index is 2.17. The van der Waals surface area contributed by atoms with E-state index in [0.717, 1.165) is 3.57 Å². The summed E-state index contributed by atoms with van der Waals surface area (Å²) in [5.41, 5.74) is 1.14. The van der Waals surface area contributed by atoms with E-state index in [1.54, 1.807) is 25.3 Å². The molecule has 0 bridgehead atoms. The summed E-state index contributed by atoms with van der Waals surface area (Å²) in [6, 6.07) is 11.5. The number of carbonyl (C=O) groups is 1. The highest BCUT2D eigenvalue weighted by Crippen LogP contribution is 2.24. The zero-order valence-electron chi connectivity index (χ0n) is 10.2. The maximum absolute atomic E-state index is 12.0. The number of hydrogen-bond acceptors (Lipinski definition) is 3. The van der Waals surface area contributed by atoms with Crippen LogP contribution in [0.2, 0.25) is 0 Å². The van der Waals surface area contributed by atoms with Crippen LogP contribution in [-0.2, 0) is 0 Å². The van der Waals surface area contributed by atoms with E-state index in [-0.39, 0.29) is 11.7 Å². The molecular weight excluding hydrogens is 357 g/mol. The Kier molecular flexibility index (Phi) is 4.26. The van der Waals surface area contributed by atoms with Crippen LogP contribution in [0.3, 0.4) is 0 Å². The fourth-order valence-corrected chi connectivity index (χ4v) is 2.11. The number of anilines is 1. The van der Waals surface area contributed by atoms with Gasteiger partial charge in [-0.2, -0.15) is 0 Å². The van der Waals surface area contributed by atoms with Gasteiger partial charge in [-0.1, -0.05) is 0 Å². The fraction of sp³-hybridized carbons (Fsp3) is 0.0714. The lowest BCUT2D eigenvalue weighted by molar-refractivity contribution is 0.102. The van der Waals surface area contributed by atoms with Gasteiger partial charge in [0.15, 0.2) is 0 Å². The highest BCUT2D eigenvalue weighted by molar-refractivity contribution is 14.1. The molecule has 2 rings (SSSR count). The summed E-state index contributed by atoms with van der Waals surface area (Å²) >= 11 is 2.16. The Morgan fingerprint density at radius 3 is 2.53 bits per heavy atom. The number of hydrogen-bond donors (Lipinski definition) is 2. The number of phenolic OH excluding ortho intramolecular Hbond substituents is 1. The van der Waals surface area contributed by atoms with Crippen molar-refractivity contribution < 1.29 is 14.6 Å². The number of carbonyl (C=O) groups excluding carboxylic acids is 1. The minimum Gasteiger partial charge on any atom is -0.508 e. The summed E-state index contributed by atoms with van der Waals surface area (Å²) < 4.78 is 6.17. The number of benzene rings is 2. The lowest BCUT2D eigenvalue weighted by Gasteiger charge is -2.08. The van der Waals surface area contributed by atoms with Crippen molar-refractivity contribution in [2.24, 2.45) is 0 Å². The van der Waals surface area contributed by atoms with Crippen LogP contribution in [0.4, 0.5) is 5.69 Å². The van der Waals surface area contributed by atoms with Gasteiger partial charge in [-0.3, -0.25) is 4.79 Å². The molecule has 0 radical (unpaired) electrons. The molecule has 0 aliphatic heterocycles.